The fourth-order valence-corrected chi connectivity index (χ4v) is 3.38. The summed E-state index contributed by atoms with van der Waals surface area (Å²) in [5, 5.41) is 5.94. The number of halogens is 2. The largest absolute Gasteiger partial charge is 0.495 e. The molecule has 3 aromatic heterocycles. The lowest BCUT2D eigenvalue weighted by Crippen LogP contribution is -1.86. The maximum Gasteiger partial charge on any atom is 0.212 e. The van der Waals surface area contributed by atoms with Crippen LogP contribution in [0, 0.1) is 0 Å². The van der Waals surface area contributed by atoms with Crippen LogP contribution < -0.4 is 4.74 Å². The van der Waals surface area contributed by atoms with Gasteiger partial charge in [-0.3, -0.25) is 0 Å². The number of rotatable bonds is 3. The molecule has 3 heterocycles. The average Bonchev–Trinajstić information content (AvgIpc) is 3.17. The molecule has 8 heteroatoms. The van der Waals surface area contributed by atoms with Gasteiger partial charge < -0.3 is 9.15 Å². The highest BCUT2D eigenvalue weighted by molar-refractivity contribution is 7.16. The second kappa shape index (κ2) is 5.21. The minimum Gasteiger partial charge on any atom is -0.495 e. The van der Waals surface area contributed by atoms with Crippen LogP contribution in [-0.2, 0) is 0 Å². The van der Waals surface area contributed by atoms with Crippen molar-refractivity contribution in [1.29, 1.82) is 0 Å². The van der Waals surface area contributed by atoms with E-state index in [-0.39, 0.29) is 0 Å². The van der Waals surface area contributed by atoms with Crippen LogP contribution in [0.4, 0.5) is 4.39 Å². The molecule has 0 radical (unpaired) electrons. The molecule has 5 nitrogen and oxygen atoms in total. The highest BCUT2D eigenvalue weighted by Crippen LogP contribution is 2.35. The zero-order valence-electron chi connectivity index (χ0n) is 12.2. The zero-order chi connectivity index (χ0) is 16.1. The van der Waals surface area contributed by atoms with Crippen LogP contribution in [0.2, 0.25) is 5.02 Å². The number of fused-ring (bicyclic) bond motifs is 2. The average molecular weight is 352 g/mol. The fraction of sp³-hybridized carbons (Fsp3) is 0.200. The topological polar surface area (TPSA) is 52.6 Å². The van der Waals surface area contributed by atoms with Crippen LogP contribution in [0.5, 0.6) is 5.75 Å². The van der Waals surface area contributed by atoms with Gasteiger partial charge in [-0.15, -0.1) is 0 Å². The Labute approximate surface area is 139 Å². The Hall–Kier alpha value is -2.12. The number of furan rings is 1. The quantitative estimate of drug-likeness (QED) is 0.527. The Morgan fingerprint density at radius 3 is 2.91 bits per heavy atom. The van der Waals surface area contributed by atoms with Gasteiger partial charge in [0.25, 0.3) is 0 Å². The predicted octanol–water partition coefficient (Wildman–Crippen LogP) is 4.90. The zero-order valence-corrected chi connectivity index (χ0v) is 13.8. The summed E-state index contributed by atoms with van der Waals surface area (Å²) in [4.78, 5) is 5.06. The molecule has 0 N–H and O–H groups in total. The molecule has 1 atom stereocenters. The Bertz CT molecular complexity index is 989. The first-order valence-corrected chi connectivity index (χ1v) is 8.02. The van der Waals surface area contributed by atoms with Crippen molar-refractivity contribution in [2.75, 3.05) is 7.11 Å². The smallest absolute Gasteiger partial charge is 0.212 e. The van der Waals surface area contributed by atoms with Crippen molar-refractivity contribution in [1.82, 2.24) is 14.6 Å². The van der Waals surface area contributed by atoms with Crippen LogP contribution in [0.1, 0.15) is 18.1 Å². The molecule has 0 saturated heterocycles. The number of imidazole rings is 1. The van der Waals surface area contributed by atoms with Crippen molar-refractivity contribution >= 4 is 38.9 Å². The Morgan fingerprint density at radius 2 is 2.22 bits per heavy atom. The molecule has 0 amide bonds. The maximum atomic E-state index is 13.3. The number of alkyl halides is 1. The third kappa shape index (κ3) is 2.36. The molecule has 118 valence electrons. The van der Waals surface area contributed by atoms with E-state index in [4.69, 9.17) is 20.8 Å². The van der Waals surface area contributed by atoms with Gasteiger partial charge in [-0.1, -0.05) is 22.9 Å². The molecule has 4 aromatic rings. The Balaban J connectivity index is 1.80. The van der Waals surface area contributed by atoms with E-state index in [2.05, 4.69) is 10.1 Å². The Kier molecular flexibility index (Phi) is 3.28. The van der Waals surface area contributed by atoms with Gasteiger partial charge >= 0.3 is 0 Å². The second-order valence-electron chi connectivity index (χ2n) is 5.04. The molecule has 4 rings (SSSR count). The number of aromatic nitrogens is 3. The van der Waals surface area contributed by atoms with Gasteiger partial charge in [0.2, 0.25) is 4.96 Å². The second-order valence-corrected chi connectivity index (χ2v) is 6.44. The lowest BCUT2D eigenvalue weighted by atomic mass is 10.2. The number of methoxy groups -OCH3 is 1. The fourth-order valence-electron chi connectivity index (χ4n) is 2.32. The first kappa shape index (κ1) is 14.5. The number of benzene rings is 1. The summed E-state index contributed by atoms with van der Waals surface area (Å²) in [6.07, 6.45) is 0.611. The molecule has 0 fully saturated rings. The van der Waals surface area contributed by atoms with E-state index in [9.17, 15) is 4.39 Å². The normalized spacial score (nSPS) is 13.0. The molecule has 0 spiro atoms. The van der Waals surface area contributed by atoms with Crippen LogP contribution >= 0.6 is 22.9 Å². The summed E-state index contributed by atoms with van der Waals surface area (Å²) in [6.45, 7) is 1.45. The van der Waals surface area contributed by atoms with Crippen LogP contribution in [0.15, 0.2) is 28.8 Å². The van der Waals surface area contributed by atoms with Gasteiger partial charge in [-0.25, -0.2) is 13.9 Å². The van der Waals surface area contributed by atoms with Gasteiger partial charge in [0.05, 0.1) is 18.3 Å². The van der Waals surface area contributed by atoms with Crippen molar-refractivity contribution in [3.63, 3.8) is 0 Å². The molecule has 0 aliphatic heterocycles. The van der Waals surface area contributed by atoms with E-state index in [0.717, 1.165) is 5.39 Å². The summed E-state index contributed by atoms with van der Waals surface area (Å²) >= 11 is 7.34. The van der Waals surface area contributed by atoms with E-state index in [1.54, 1.807) is 30.0 Å². The summed E-state index contributed by atoms with van der Waals surface area (Å²) in [7, 11) is 1.55. The molecule has 0 aliphatic carbocycles. The van der Waals surface area contributed by atoms with E-state index >= 15 is 0 Å². The van der Waals surface area contributed by atoms with Crippen molar-refractivity contribution in [2.45, 2.75) is 13.1 Å². The number of hydrogen-bond donors (Lipinski definition) is 0. The SMILES string of the molecule is COc1cc2oc(-c3cn4nc([C@@H](C)F)sc4n3)cc2cc1Cl. The van der Waals surface area contributed by atoms with E-state index in [1.165, 1.54) is 18.3 Å². The summed E-state index contributed by atoms with van der Waals surface area (Å²) in [5.74, 6) is 1.14. The molecular formula is C15H11ClFN3O2S. The number of nitrogens with zero attached hydrogens (tertiary/aromatic N) is 3. The predicted molar refractivity (Wildman–Crippen MR) is 87.2 cm³/mol. The lowest BCUT2D eigenvalue weighted by Gasteiger charge is -2.00. The molecule has 0 bridgehead atoms. The van der Waals surface area contributed by atoms with E-state index < -0.39 is 6.17 Å². The molecular weight excluding hydrogens is 341 g/mol. The third-order valence-corrected chi connectivity index (χ3v) is 4.81. The molecule has 1 aromatic carbocycles. The molecule has 23 heavy (non-hydrogen) atoms. The summed E-state index contributed by atoms with van der Waals surface area (Å²) in [5.41, 5.74) is 1.29. The third-order valence-electron chi connectivity index (χ3n) is 3.44. The molecule has 0 saturated carbocycles. The van der Waals surface area contributed by atoms with Crippen molar-refractivity contribution in [2.24, 2.45) is 0 Å². The first-order chi connectivity index (χ1) is 11.0. The lowest BCUT2D eigenvalue weighted by molar-refractivity contribution is 0.370. The van der Waals surface area contributed by atoms with E-state index in [0.29, 0.717) is 37.8 Å². The highest BCUT2D eigenvalue weighted by atomic mass is 35.5. The number of hydrogen-bond acceptors (Lipinski definition) is 5. The van der Waals surface area contributed by atoms with Crippen LogP contribution in [-0.4, -0.2) is 21.7 Å². The monoisotopic (exact) mass is 351 g/mol. The number of ether oxygens (including phenoxy) is 1. The molecule has 0 unspecified atom stereocenters. The van der Waals surface area contributed by atoms with Crippen molar-refractivity contribution in [3.8, 4) is 17.2 Å². The van der Waals surface area contributed by atoms with Gasteiger partial charge in [0.1, 0.15) is 17.0 Å². The van der Waals surface area contributed by atoms with Crippen LogP contribution in [0.3, 0.4) is 0 Å². The first-order valence-electron chi connectivity index (χ1n) is 6.83. The van der Waals surface area contributed by atoms with Gasteiger partial charge in [-0.2, -0.15) is 5.10 Å². The minimum atomic E-state index is -1.11. The van der Waals surface area contributed by atoms with Gasteiger partial charge in [-0.05, 0) is 19.1 Å². The van der Waals surface area contributed by atoms with Gasteiger partial charge in [0, 0.05) is 11.5 Å². The summed E-state index contributed by atoms with van der Waals surface area (Å²) in [6, 6.07) is 5.37. The van der Waals surface area contributed by atoms with Crippen molar-refractivity contribution < 1.29 is 13.5 Å². The van der Waals surface area contributed by atoms with Crippen LogP contribution in [0.25, 0.3) is 27.4 Å². The minimum absolute atomic E-state index is 0.403. The summed E-state index contributed by atoms with van der Waals surface area (Å²) < 4.78 is 25.8. The highest BCUT2D eigenvalue weighted by Gasteiger charge is 2.16. The standard InChI is InChI=1S/C15H11ClFN3O2S/c1-7(17)14-19-20-6-10(18-15(20)23-14)13-4-8-3-9(16)12(21-2)5-11(8)22-13/h3-7H,1-2H3/t7-/m1/s1. The van der Waals surface area contributed by atoms with Gasteiger partial charge in [0.15, 0.2) is 16.9 Å². The maximum absolute atomic E-state index is 13.3. The Morgan fingerprint density at radius 1 is 1.39 bits per heavy atom. The molecule has 0 aliphatic rings. The van der Waals surface area contributed by atoms with E-state index in [1.807, 2.05) is 6.07 Å². The van der Waals surface area contributed by atoms with Crippen molar-refractivity contribution in [3.05, 3.63) is 34.4 Å².